The van der Waals surface area contributed by atoms with E-state index in [1.165, 1.54) is 10.6 Å². The first-order chi connectivity index (χ1) is 13.3. The number of nitrogens with one attached hydrogen (secondary N) is 1. The van der Waals surface area contributed by atoms with Crippen molar-refractivity contribution in [2.45, 2.75) is 37.6 Å². The van der Waals surface area contributed by atoms with Crippen LogP contribution in [0.4, 0.5) is 0 Å². The molecule has 28 heavy (non-hydrogen) atoms. The van der Waals surface area contributed by atoms with E-state index < -0.39 is 21.5 Å². The number of hydrogen-bond acceptors (Lipinski definition) is 3. The van der Waals surface area contributed by atoms with Gasteiger partial charge in [-0.1, -0.05) is 67.1 Å². The molecular weight excluding hydrogens is 372 g/mol. The Labute approximate surface area is 167 Å². The van der Waals surface area contributed by atoms with Crippen molar-refractivity contribution < 1.29 is 13.2 Å². The molecule has 2 aromatic carbocycles. The fourth-order valence-electron chi connectivity index (χ4n) is 3.93. The van der Waals surface area contributed by atoms with Gasteiger partial charge in [-0.3, -0.25) is 4.79 Å². The summed E-state index contributed by atoms with van der Waals surface area (Å²) >= 11 is 0. The number of carbonyl (C=O) groups excluding carboxylic acids is 1. The van der Waals surface area contributed by atoms with Crippen LogP contribution < -0.4 is 5.32 Å². The second kappa shape index (κ2) is 8.45. The van der Waals surface area contributed by atoms with E-state index in [2.05, 4.69) is 36.5 Å². The first kappa shape index (κ1) is 20.6. The maximum absolute atomic E-state index is 12.9. The lowest BCUT2D eigenvalue weighted by atomic mass is 9.76. The van der Waals surface area contributed by atoms with E-state index in [1.54, 1.807) is 0 Å². The molecule has 1 fully saturated rings. The van der Waals surface area contributed by atoms with Crippen molar-refractivity contribution in [1.29, 1.82) is 0 Å². The maximum Gasteiger partial charge on any atom is 0.238 e. The molecule has 1 amide bonds. The zero-order chi connectivity index (χ0) is 20.2. The van der Waals surface area contributed by atoms with Crippen LogP contribution in [-0.2, 0) is 20.2 Å². The molecule has 6 heteroatoms. The van der Waals surface area contributed by atoms with E-state index in [9.17, 15) is 13.2 Å². The second-order valence-corrected chi connectivity index (χ2v) is 9.60. The Balaban J connectivity index is 1.83. The number of rotatable bonds is 6. The maximum atomic E-state index is 12.9. The Morgan fingerprint density at radius 1 is 1.04 bits per heavy atom. The van der Waals surface area contributed by atoms with Crippen molar-refractivity contribution in [1.82, 2.24) is 9.62 Å². The predicted octanol–water partition coefficient (Wildman–Crippen LogP) is 2.92. The number of benzene rings is 2. The summed E-state index contributed by atoms with van der Waals surface area (Å²) in [6.45, 7) is 2.91. The van der Waals surface area contributed by atoms with E-state index in [1.807, 2.05) is 36.4 Å². The van der Waals surface area contributed by atoms with Crippen molar-refractivity contribution in [2.24, 2.45) is 0 Å². The van der Waals surface area contributed by atoms with Crippen molar-refractivity contribution in [3.8, 4) is 0 Å². The van der Waals surface area contributed by atoms with Gasteiger partial charge in [0.2, 0.25) is 15.9 Å². The summed E-state index contributed by atoms with van der Waals surface area (Å²) in [6, 6.07) is 19.5. The lowest BCUT2D eigenvalue weighted by molar-refractivity contribution is -0.125. The molecule has 0 aliphatic carbocycles. The van der Waals surface area contributed by atoms with Gasteiger partial charge >= 0.3 is 0 Å². The third kappa shape index (κ3) is 4.45. The van der Waals surface area contributed by atoms with E-state index in [-0.39, 0.29) is 5.91 Å². The Morgan fingerprint density at radius 2 is 1.57 bits per heavy atom. The minimum Gasteiger partial charge on any atom is -0.353 e. The number of nitrogens with zero attached hydrogens (tertiary/aromatic N) is 1. The number of piperidine rings is 1. The molecule has 1 heterocycles. The summed E-state index contributed by atoms with van der Waals surface area (Å²) in [5.74, 6) is -0.219. The minimum absolute atomic E-state index is 0.219. The van der Waals surface area contributed by atoms with Crippen LogP contribution in [0.3, 0.4) is 0 Å². The molecule has 150 valence electrons. The summed E-state index contributed by atoms with van der Waals surface area (Å²) in [6.07, 6.45) is 3.39. The molecule has 0 spiro atoms. The van der Waals surface area contributed by atoms with Crippen LogP contribution in [0.5, 0.6) is 0 Å². The molecule has 5 nitrogen and oxygen atoms in total. The van der Waals surface area contributed by atoms with E-state index >= 15 is 0 Å². The zero-order valence-corrected chi connectivity index (χ0v) is 17.3. The Morgan fingerprint density at radius 3 is 2.07 bits per heavy atom. The van der Waals surface area contributed by atoms with Gasteiger partial charge in [-0.2, -0.15) is 4.31 Å². The largest absolute Gasteiger partial charge is 0.353 e. The van der Waals surface area contributed by atoms with Gasteiger partial charge in [0.25, 0.3) is 0 Å². The molecule has 3 rings (SSSR count). The first-order valence-corrected chi connectivity index (χ1v) is 11.5. The lowest BCUT2D eigenvalue weighted by Gasteiger charge is -2.35. The van der Waals surface area contributed by atoms with Gasteiger partial charge in [-0.25, -0.2) is 8.42 Å². The van der Waals surface area contributed by atoms with Gasteiger partial charge < -0.3 is 5.32 Å². The normalized spacial score (nSPS) is 18.6. The molecule has 1 aliphatic rings. The van der Waals surface area contributed by atoms with Gasteiger partial charge in [0.15, 0.2) is 0 Å². The molecule has 2 aromatic rings. The highest BCUT2D eigenvalue weighted by Gasteiger charge is 2.36. The quantitative estimate of drug-likeness (QED) is 0.811. The SMILES string of the molecule is CC(CNC(=O)[C@H]1CCCCN1S(C)(=O)=O)(c1ccccc1)c1ccccc1. The fourth-order valence-corrected chi connectivity index (χ4v) is 5.05. The monoisotopic (exact) mass is 400 g/mol. The summed E-state index contributed by atoms with van der Waals surface area (Å²) in [7, 11) is -3.41. The standard InChI is InChI=1S/C22H28N2O3S/c1-22(18-11-5-3-6-12-18,19-13-7-4-8-14-19)17-23-21(25)20-15-9-10-16-24(20)28(2,26)27/h3-8,11-14,20H,9-10,15-17H2,1-2H3,(H,23,25)/t20-/m1/s1. The molecule has 1 saturated heterocycles. The predicted molar refractivity (Wildman–Crippen MR) is 112 cm³/mol. The van der Waals surface area contributed by atoms with Crippen molar-refractivity contribution in [3.05, 3.63) is 71.8 Å². The number of carbonyl (C=O) groups is 1. The second-order valence-electron chi connectivity index (χ2n) is 7.67. The summed E-state index contributed by atoms with van der Waals surface area (Å²) in [4.78, 5) is 12.9. The van der Waals surface area contributed by atoms with Gasteiger partial charge in [0, 0.05) is 18.5 Å². The van der Waals surface area contributed by atoms with Crippen LogP contribution in [0, 0.1) is 0 Å². The average Bonchev–Trinajstić information content (AvgIpc) is 2.72. The van der Waals surface area contributed by atoms with E-state index in [4.69, 9.17) is 0 Å². The van der Waals surface area contributed by atoms with Gasteiger partial charge in [-0.05, 0) is 30.9 Å². The van der Waals surface area contributed by atoms with Crippen molar-refractivity contribution in [3.63, 3.8) is 0 Å². The minimum atomic E-state index is -3.41. The van der Waals surface area contributed by atoms with Gasteiger partial charge in [-0.15, -0.1) is 0 Å². The highest BCUT2D eigenvalue weighted by molar-refractivity contribution is 7.88. The smallest absolute Gasteiger partial charge is 0.238 e. The summed E-state index contributed by atoms with van der Waals surface area (Å²) in [5.41, 5.74) is 1.79. The molecular formula is C22H28N2O3S. The van der Waals surface area contributed by atoms with Crippen LogP contribution in [0.1, 0.15) is 37.3 Å². The van der Waals surface area contributed by atoms with E-state index in [0.717, 1.165) is 24.0 Å². The van der Waals surface area contributed by atoms with Gasteiger partial charge in [0.1, 0.15) is 6.04 Å². The highest BCUT2D eigenvalue weighted by Crippen LogP contribution is 2.31. The van der Waals surface area contributed by atoms with Crippen molar-refractivity contribution >= 4 is 15.9 Å². The topological polar surface area (TPSA) is 66.5 Å². The van der Waals surface area contributed by atoms with Crippen LogP contribution in [0.2, 0.25) is 0 Å². The van der Waals surface area contributed by atoms with Crippen molar-refractivity contribution in [2.75, 3.05) is 19.3 Å². The molecule has 0 unspecified atom stereocenters. The zero-order valence-electron chi connectivity index (χ0n) is 16.5. The van der Waals surface area contributed by atoms with Crippen LogP contribution in [0.15, 0.2) is 60.7 Å². The summed E-state index contributed by atoms with van der Waals surface area (Å²) < 4.78 is 25.5. The number of amides is 1. The number of sulfonamides is 1. The molecule has 0 saturated carbocycles. The molecule has 1 atom stereocenters. The molecule has 0 aromatic heterocycles. The van der Waals surface area contributed by atoms with Crippen LogP contribution >= 0.6 is 0 Å². The van der Waals surface area contributed by atoms with E-state index in [0.29, 0.717) is 19.5 Å². The molecule has 1 N–H and O–H groups in total. The Hall–Kier alpha value is -2.18. The lowest BCUT2D eigenvalue weighted by Crippen LogP contribution is -2.53. The summed E-state index contributed by atoms with van der Waals surface area (Å²) in [5, 5.41) is 3.05. The third-order valence-corrected chi connectivity index (χ3v) is 6.91. The molecule has 1 aliphatic heterocycles. The Kier molecular flexibility index (Phi) is 6.20. The Bertz CT molecular complexity index is 858. The number of hydrogen-bond donors (Lipinski definition) is 1. The third-order valence-electron chi connectivity index (χ3n) is 5.62. The molecule has 0 bridgehead atoms. The highest BCUT2D eigenvalue weighted by atomic mass is 32.2. The average molecular weight is 401 g/mol. The van der Waals surface area contributed by atoms with Crippen LogP contribution in [0.25, 0.3) is 0 Å². The van der Waals surface area contributed by atoms with Crippen LogP contribution in [-0.4, -0.2) is 44.0 Å². The molecule has 0 radical (unpaired) electrons. The van der Waals surface area contributed by atoms with Gasteiger partial charge in [0.05, 0.1) is 6.26 Å². The first-order valence-electron chi connectivity index (χ1n) is 9.68. The fraction of sp³-hybridized carbons (Fsp3) is 0.409.